The molecule has 6 rings (SSSR count). The maximum atomic E-state index is 12.4. The first kappa shape index (κ1) is 24.5. The summed E-state index contributed by atoms with van der Waals surface area (Å²) in [6.45, 7) is 3.83. The highest BCUT2D eigenvalue weighted by molar-refractivity contribution is 5.67. The van der Waals surface area contributed by atoms with Gasteiger partial charge in [0.15, 0.2) is 0 Å². The second-order valence-corrected chi connectivity index (χ2v) is 10.8. The Hall–Kier alpha value is -2.84. The molecule has 4 heterocycles. The lowest BCUT2D eigenvalue weighted by atomic mass is 9.91. The topological polar surface area (TPSA) is 76.2 Å². The Morgan fingerprint density at radius 1 is 0.946 bits per heavy atom. The molecule has 3 aliphatic heterocycles. The van der Waals surface area contributed by atoms with Crippen molar-refractivity contribution in [2.75, 3.05) is 31.1 Å². The Kier molecular flexibility index (Phi) is 7.46. The number of fused-ring (bicyclic) bond motifs is 2. The molecule has 4 aliphatic rings. The number of piperidine rings is 1. The minimum absolute atomic E-state index is 0.156. The van der Waals surface area contributed by atoms with Crippen molar-refractivity contribution in [2.24, 2.45) is 0 Å². The monoisotopic (exact) mass is 506 g/mol. The summed E-state index contributed by atoms with van der Waals surface area (Å²) in [5.74, 6) is 0.722. The number of hydrogen-bond donors (Lipinski definition) is 1. The zero-order valence-electron chi connectivity index (χ0n) is 21.5. The molecule has 1 N–H and O–H groups in total. The molecule has 3 saturated heterocycles. The first-order valence-corrected chi connectivity index (χ1v) is 13.9. The van der Waals surface area contributed by atoms with Gasteiger partial charge in [0, 0.05) is 62.5 Å². The van der Waals surface area contributed by atoms with Crippen LogP contribution in [0.15, 0.2) is 48.7 Å². The summed E-state index contributed by atoms with van der Waals surface area (Å²) in [6, 6.07) is 15.2. The predicted octanol–water partition coefficient (Wildman–Crippen LogP) is 4.14. The van der Waals surface area contributed by atoms with Crippen LogP contribution >= 0.6 is 0 Å². The van der Waals surface area contributed by atoms with Gasteiger partial charge in [0.25, 0.3) is 0 Å². The fraction of sp³-hybridized carbons (Fsp3) is 0.586. The van der Waals surface area contributed by atoms with Crippen LogP contribution in [-0.2, 0) is 16.1 Å². The van der Waals surface area contributed by atoms with Gasteiger partial charge >= 0.3 is 6.09 Å². The Balaban J connectivity index is 0.916. The fourth-order valence-electron chi connectivity index (χ4n) is 6.18. The van der Waals surface area contributed by atoms with Crippen LogP contribution in [0.25, 0.3) is 0 Å². The molecular weight excluding hydrogens is 468 g/mol. The average molecular weight is 507 g/mol. The molecular formula is C29H38N4O4. The van der Waals surface area contributed by atoms with Crippen molar-refractivity contribution >= 4 is 11.8 Å². The number of ether oxygens (including phenoxy) is 3. The van der Waals surface area contributed by atoms with E-state index in [1.54, 1.807) is 4.90 Å². The molecule has 2 aromatic rings. The number of pyridine rings is 1. The molecule has 0 radical (unpaired) electrons. The van der Waals surface area contributed by atoms with Crippen LogP contribution in [0, 0.1) is 0 Å². The van der Waals surface area contributed by atoms with Gasteiger partial charge in [-0.1, -0.05) is 30.3 Å². The smallest absolute Gasteiger partial charge is 0.410 e. The fourth-order valence-corrected chi connectivity index (χ4v) is 6.18. The highest BCUT2D eigenvalue weighted by Gasteiger charge is 2.37. The second-order valence-electron chi connectivity index (χ2n) is 10.8. The zero-order chi connectivity index (χ0) is 25.0. The van der Waals surface area contributed by atoms with E-state index in [0.29, 0.717) is 31.8 Å². The molecule has 0 spiro atoms. The van der Waals surface area contributed by atoms with Gasteiger partial charge in [-0.3, -0.25) is 0 Å². The summed E-state index contributed by atoms with van der Waals surface area (Å²) in [4.78, 5) is 21.3. The van der Waals surface area contributed by atoms with Crippen LogP contribution in [0.2, 0.25) is 0 Å². The number of amides is 1. The number of benzene rings is 1. The maximum absolute atomic E-state index is 12.4. The van der Waals surface area contributed by atoms with Crippen molar-refractivity contribution in [3.8, 4) is 5.88 Å². The Morgan fingerprint density at radius 3 is 2.59 bits per heavy atom. The Bertz CT molecular complexity index is 1030. The molecule has 37 heavy (non-hydrogen) atoms. The number of aromatic nitrogens is 1. The summed E-state index contributed by atoms with van der Waals surface area (Å²) in [5.41, 5.74) is 2.24. The highest BCUT2D eigenvalue weighted by atomic mass is 16.6. The van der Waals surface area contributed by atoms with Gasteiger partial charge < -0.3 is 29.3 Å². The van der Waals surface area contributed by atoms with E-state index in [-0.39, 0.29) is 24.4 Å². The summed E-state index contributed by atoms with van der Waals surface area (Å²) in [6.07, 6.45) is 9.43. The third kappa shape index (κ3) is 5.85. The normalized spacial score (nSPS) is 27.9. The molecule has 198 valence electrons. The minimum Gasteiger partial charge on any atom is -0.474 e. The molecule has 8 nitrogen and oxygen atoms in total. The van der Waals surface area contributed by atoms with Crippen LogP contribution < -0.4 is 15.0 Å². The van der Waals surface area contributed by atoms with Crippen LogP contribution in [0.1, 0.15) is 50.5 Å². The first-order valence-electron chi connectivity index (χ1n) is 13.9. The number of rotatable bonds is 7. The van der Waals surface area contributed by atoms with Crippen molar-refractivity contribution in [3.05, 3.63) is 54.2 Å². The van der Waals surface area contributed by atoms with Crippen molar-refractivity contribution in [1.82, 2.24) is 15.2 Å². The van der Waals surface area contributed by atoms with Crippen LogP contribution in [0.5, 0.6) is 5.88 Å². The third-order valence-corrected chi connectivity index (χ3v) is 8.30. The lowest BCUT2D eigenvalue weighted by molar-refractivity contribution is -0.109. The SMILES string of the molecule is O=C(OCc1ccccc1)N1CCC(OC2CC(Oc3cc(N4C5CCNCC4CC5)ccn3)C2)CC1. The van der Waals surface area contributed by atoms with E-state index in [2.05, 4.69) is 27.3 Å². The van der Waals surface area contributed by atoms with E-state index in [1.165, 1.54) is 24.9 Å². The van der Waals surface area contributed by atoms with Crippen molar-refractivity contribution in [3.63, 3.8) is 0 Å². The quantitative estimate of drug-likeness (QED) is 0.605. The highest BCUT2D eigenvalue weighted by Crippen LogP contribution is 2.36. The Labute approximate surface area is 219 Å². The molecule has 1 amide bonds. The van der Waals surface area contributed by atoms with E-state index in [1.807, 2.05) is 36.5 Å². The lowest BCUT2D eigenvalue weighted by Crippen LogP contribution is -2.46. The third-order valence-electron chi connectivity index (χ3n) is 8.30. The van der Waals surface area contributed by atoms with Gasteiger partial charge in [0.2, 0.25) is 5.88 Å². The van der Waals surface area contributed by atoms with Gasteiger partial charge in [-0.25, -0.2) is 9.78 Å². The number of carbonyl (C=O) groups is 1. The van der Waals surface area contributed by atoms with Gasteiger partial charge in [-0.2, -0.15) is 0 Å². The van der Waals surface area contributed by atoms with Crippen LogP contribution in [-0.4, -0.2) is 72.6 Å². The molecule has 8 heteroatoms. The molecule has 1 saturated carbocycles. The predicted molar refractivity (Wildman–Crippen MR) is 141 cm³/mol. The number of carbonyl (C=O) groups excluding carboxylic acids is 1. The second kappa shape index (κ2) is 11.3. The number of nitrogens with zero attached hydrogens (tertiary/aromatic N) is 3. The van der Waals surface area contributed by atoms with Crippen LogP contribution in [0.4, 0.5) is 10.5 Å². The summed E-state index contributed by atoms with van der Waals surface area (Å²) >= 11 is 0. The number of anilines is 1. The summed E-state index contributed by atoms with van der Waals surface area (Å²) < 4.78 is 18.0. The largest absolute Gasteiger partial charge is 0.474 e. The molecule has 2 atom stereocenters. The molecule has 1 aromatic heterocycles. The number of hydrogen-bond acceptors (Lipinski definition) is 7. The maximum Gasteiger partial charge on any atom is 0.410 e. The van der Waals surface area contributed by atoms with E-state index >= 15 is 0 Å². The van der Waals surface area contributed by atoms with Crippen molar-refractivity contribution < 1.29 is 19.0 Å². The number of likely N-dealkylation sites (tertiary alicyclic amines) is 1. The van der Waals surface area contributed by atoms with Crippen LogP contribution in [0.3, 0.4) is 0 Å². The lowest BCUT2D eigenvalue weighted by Gasteiger charge is -2.39. The number of nitrogens with one attached hydrogen (secondary N) is 1. The summed E-state index contributed by atoms with van der Waals surface area (Å²) in [5, 5.41) is 3.57. The van der Waals surface area contributed by atoms with E-state index in [9.17, 15) is 4.79 Å². The van der Waals surface area contributed by atoms with Gasteiger partial charge in [-0.05, 0) is 50.3 Å². The van der Waals surface area contributed by atoms with Gasteiger partial charge in [0.05, 0.1) is 12.2 Å². The first-order chi connectivity index (χ1) is 18.2. The Morgan fingerprint density at radius 2 is 1.76 bits per heavy atom. The summed E-state index contributed by atoms with van der Waals surface area (Å²) in [7, 11) is 0. The van der Waals surface area contributed by atoms with Gasteiger partial charge in [-0.15, -0.1) is 0 Å². The van der Waals surface area contributed by atoms with E-state index < -0.39 is 0 Å². The molecule has 1 aliphatic carbocycles. The molecule has 4 fully saturated rings. The molecule has 2 unspecified atom stereocenters. The van der Waals surface area contributed by atoms with E-state index in [4.69, 9.17) is 14.2 Å². The minimum atomic E-state index is -0.237. The van der Waals surface area contributed by atoms with Crippen molar-refractivity contribution in [1.29, 1.82) is 0 Å². The average Bonchev–Trinajstić information content (AvgIpc) is 3.19. The van der Waals surface area contributed by atoms with E-state index in [0.717, 1.165) is 50.2 Å². The standard InChI is InChI=1S/C29H38N4O4/c34-29(35-20-21-4-2-1-3-5-21)32-14-10-25(11-15-32)36-26-17-27(18-26)37-28-16-23(9-13-31-28)33-22-6-7-24(33)19-30-12-8-22/h1-5,9,13,16,22,24-27,30H,6-8,10-12,14-15,17-20H2. The van der Waals surface area contributed by atoms with Gasteiger partial charge in [0.1, 0.15) is 12.7 Å². The zero-order valence-corrected chi connectivity index (χ0v) is 21.5. The molecule has 2 bridgehead atoms. The van der Waals surface area contributed by atoms with Crippen molar-refractivity contribution in [2.45, 2.75) is 81.9 Å². The molecule has 1 aromatic carbocycles.